The van der Waals surface area contributed by atoms with Gasteiger partial charge in [-0.05, 0) is 99.1 Å². The smallest absolute Gasteiger partial charge is 0.408 e. The molecule has 0 saturated carbocycles. The average Bonchev–Trinajstić information content (AvgIpc) is 3.00. The molecule has 3 rings (SSSR count). The second-order valence-electron chi connectivity index (χ2n) is 13.0. The first-order valence-electron chi connectivity index (χ1n) is 16.6. The first-order chi connectivity index (χ1) is 21.9. The van der Waals surface area contributed by atoms with Gasteiger partial charge in [-0.2, -0.15) is 11.8 Å². The molecule has 0 spiro atoms. The maximum absolute atomic E-state index is 14.7. The highest BCUT2D eigenvalue weighted by atomic mass is 32.2. The van der Waals surface area contributed by atoms with E-state index in [1.165, 1.54) is 6.42 Å². The average molecular weight is 648 g/mol. The third-order valence-electron chi connectivity index (χ3n) is 8.03. The Morgan fingerprint density at radius 3 is 2.17 bits per heavy atom. The number of alkyl carbamates (subject to hydrolysis) is 1. The maximum atomic E-state index is 14.7. The second kappa shape index (κ2) is 18.0. The number of thioether (sulfide) groups is 1. The SMILES string of the molecule is CCCCCCCCN(C(=O)C(CCSC)NC(=O)OC(C)(C)C)C(C(=O)Nc1ccc2ccccc2c1)c1c(C)cccc1C. The molecule has 7 nitrogen and oxygen atoms in total. The Kier molecular flexibility index (Phi) is 14.4. The van der Waals surface area contributed by atoms with E-state index in [4.69, 9.17) is 4.74 Å². The molecule has 0 saturated heterocycles. The number of hydrogen-bond donors (Lipinski definition) is 2. The molecule has 2 unspecified atom stereocenters. The van der Waals surface area contributed by atoms with Crippen LogP contribution in [0.1, 0.15) is 95.4 Å². The van der Waals surface area contributed by atoms with E-state index in [1.54, 1.807) is 37.4 Å². The molecule has 0 bridgehead atoms. The summed E-state index contributed by atoms with van der Waals surface area (Å²) in [6.45, 7) is 11.9. The molecule has 2 N–H and O–H groups in total. The van der Waals surface area contributed by atoms with Crippen LogP contribution in [0.3, 0.4) is 0 Å². The fourth-order valence-corrected chi connectivity index (χ4v) is 6.21. The lowest BCUT2D eigenvalue weighted by Crippen LogP contribution is -2.53. The summed E-state index contributed by atoms with van der Waals surface area (Å²) in [6.07, 6.45) is 7.99. The Hall–Kier alpha value is -3.52. The van der Waals surface area contributed by atoms with Crippen LogP contribution in [-0.4, -0.2) is 53.0 Å². The summed E-state index contributed by atoms with van der Waals surface area (Å²) in [4.78, 5) is 43.8. The number of nitrogens with one attached hydrogen (secondary N) is 2. The van der Waals surface area contributed by atoms with Crippen LogP contribution in [0.25, 0.3) is 10.8 Å². The van der Waals surface area contributed by atoms with Crippen molar-refractivity contribution in [1.82, 2.24) is 10.2 Å². The summed E-state index contributed by atoms with van der Waals surface area (Å²) >= 11 is 1.60. The second-order valence-corrected chi connectivity index (χ2v) is 14.0. The van der Waals surface area contributed by atoms with Crippen LogP contribution in [0.2, 0.25) is 0 Å². The molecule has 250 valence electrons. The van der Waals surface area contributed by atoms with Crippen molar-refractivity contribution in [1.29, 1.82) is 0 Å². The number of aryl methyl sites for hydroxylation is 2. The van der Waals surface area contributed by atoms with Gasteiger partial charge in [-0.15, -0.1) is 0 Å². The predicted molar refractivity (Wildman–Crippen MR) is 192 cm³/mol. The van der Waals surface area contributed by atoms with E-state index >= 15 is 0 Å². The molecular formula is C38H53N3O4S. The van der Waals surface area contributed by atoms with Gasteiger partial charge >= 0.3 is 6.09 Å². The summed E-state index contributed by atoms with van der Waals surface area (Å²) in [5.74, 6) is 0.0942. The van der Waals surface area contributed by atoms with E-state index in [0.29, 0.717) is 24.4 Å². The van der Waals surface area contributed by atoms with Gasteiger partial charge < -0.3 is 20.3 Å². The lowest BCUT2D eigenvalue weighted by Gasteiger charge is -2.36. The van der Waals surface area contributed by atoms with Crippen molar-refractivity contribution in [3.63, 3.8) is 0 Å². The summed E-state index contributed by atoms with van der Waals surface area (Å²) in [6, 6.07) is 18.0. The Morgan fingerprint density at radius 1 is 0.870 bits per heavy atom. The Morgan fingerprint density at radius 2 is 1.52 bits per heavy atom. The zero-order valence-corrected chi connectivity index (χ0v) is 29.6. The first kappa shape index (κ1) is 36.9. The molecule has 3 amide bonds. The molecule has 0 aromatic heterocycles. The summed E-state index contributed by atoms with van der Waals surface area (Å²) in [5, 5.41) is 8.10. The number of fused-ring (bicyclic) bond motifs is 1. The quantitative estimate of drug-likeness (QED) is 0.152. The van der Waals surface area contributed by atoms with Gasteiger partial charge in [-0.1, -0.05) is 87.6 Å². The van der Waals surface area contributed by atoms with Crippen LogP contribution in [0, 0.1) is 13.8 Å². The van der Waals surface area contributed by atoms with Gasteiger partial charge in [0.25, 0.3) is 5.91 Å². The highest BCUT2D eigenvalue weighted by molar-refractivity contribution is 7.98. The van der Waals surface area contributed by atoms with Crippen LogP contribution in [0.15, 0.2) is 60.7 Å². The van der Waals surface area contributed by atoms with Crippen LogP contribution in [0.5, 0.6) is 0 Å². The van der Waals surface area contributed by atoms with E-state index in [9.17, 15) is 14.4 Å². The molecular weight excluding hydrogens is 595 g/mol. The maximum Gasteiger partial charge on any atom is 0.408 e. The number of amides is 3. The molecule has 8 heteroatoms. The number of hydrogen-bond acceptors (Lipinski definition) is 5. The van der Waals surface area contributed by atoms with Crippen LogP contribution in [0.4, 0.5) is 10.5 Å². The molecule has 0 fully saturated rings. The standard InChI is InChI=1S/C38H53N3O4S/c1-8-9-10-11-12-15-24-41(36(43)32(23-25-46-7)40-37(44)45-38(4,5)6)34(33-27(2)17-16-18-28(33)3)35(42)39-31-22-21-29-19-13-14-20-30(29)26-31/h13-14,16-22,26,32,34H,8-12,15,23-25H2,1-7H3,(H,39,42)(H,40,44). The van der Waals surface area contributed by atoms with Gasteiger partial charge in [-0.25, -0.2) is 4.79 Å². The van der Waals surface area contributed by atoms with Crippen molar-refractivity contribution in [2.45, 2.75) is 104 Å². The molecule has 3 aromatic rings. The number of nitrogens with zero attached hydrogens (tertiary/aromatic N) is 1. The molecule has 46 heavy (non-hydrogen) atoms. The third-order valence-corrected chi connectivity index (χ3v) is 8.67. The first-order valence-corrected chi connectivity index (χ1v) is 18.0. The van der Waals surface area contributed by atoms with E-state index in [2.05, 4.69) is 17.6 Å². The largest absolute Gasteiger partial charge is 0.444 e. The van der Waals surface area contributed by atoms with Crippen molar-refractivity contribution in [2.24, 2.45) is 0 Å². The Labute approximate surface area is 280 Å². The number of unbranched alkanes of at least 4 members (excludes halogenated alkanes) is 5. The number of rotatable bonds is 16. The van der Waals surface area contributed by atoms with Gasteiger partial charge in [0.1, 0.15) is 17.7 Å². The minimum absolute atomic E-state index is 0.283. The number of ether oxygens (including phenoxy) is 1. The lowest BCUT2D eigenvalue weighted by atomic mass is 9.93. The van der Waals surface area contributed by atoms with Crippen molar-refractivity contribution in [3.8, 4) is 0 Å². The van der Waals surface area contributed by atoms with E-state index < -0.39 is 23.8 Å². The van der Waals surface area contributed by atoms with Crippen molar-refractivity contribution in [2.75, 3.05) is 23.9 Å². The van der Waals surface area contributed by atoms with E-state index in [0.717, 1.165) is 59.6 Å². The van der Waals surface area contributed by atoms with Crippen molar-refractivity contribution in [3.05, 3.63) is 77.4 Å². The summed E-state index contributed by atoms with van der Waals surface area (Å²) in [5.41, 5.74) is 2.62. The van der Waals surface area contributed by atoms with Gasteiger partial charge in [0.15, 0.2) is 0 Å². The number of carbonyl (C=O) groups excluding carboxylic acids is 3. The molecule has 0 radical (unpaired) electrons. The Bertz CT molecular complexity index is 1430. The van der Waals surface area contributed by atoms with Gasteiger partial charge in [0.05, 0.1) is 0 Å². The zero-order chi connectivity index (χ0) is 33.7. The van der Waals surface area contributed by atoms with E-state index in [-0.39, 0.29) is 11.8 Å². The normalized spacial score (nSPS) is 12.8. The summed E-state index contributed by atoms with van der Waals surface area (Å²) < 4.78 is 5.55. The minimum Gasteiger partial charge on any atom is -0.444 e. The van der Waals surface area contributed by atoms with Crippen LogP contribution in [-0.2, 0) is 14.3 Å². The Balaban J connectivity index is 2.05. The van der Waals surface area contributed by atoms with Gasteiger partial charge in [0, 0.05) is 12.2 Å². The molecule has 0 aliphatic heterocycles. The fraction of sp³-hybridized carbons (Fsp3) is 0.500. The fourth-order valence-electron chi connectivity index (χ4n) is 5.74. The molecule has 0 heterocycles. The van der Waals surface area contributed by atoms with Gasteiger partial charge in [-0.3, -0.25) is 9.59 Å². The zero-order valence-electron chi connectivity index (χ0n) is 28.8. The van der Waals surface area contributed by atoms with Crippen LogP contribution < -0.4 is 10.6 Å². The van der Waals surface area contributed by atoms with E-state index in [1.807, 2.05) is 80.8 Å². The molecule has 3 aromatic carbocycles. The number of anilines is 1. The third kappa shape index (κ3) is 11.1. The minimum atomic E-state index is -0.895. The highest BCUT2D eigenvalue weighted by Crippen LogP contribution is 2.31. The molecule has 0 aliphatic carbocycles. The number of carbonyl (C=O) groups is 3. The lowest BCUT2D eigenvalue weighted by molar-refractivity contribution is -0.141. The number of benzene rings is 3. The van der Waals surface area contributed by atoms with Gasteiger partial charge in [0.2, 0.25) is 5.91 Å². The van der Waals surface area contributed by atoms with Crippen molar-refractivity contribution >= 4 is 46.1 Å². The molecule has 0 aliphatic rings. The molecule has 2 atom stereocenters. The highest BCUT2D eigenvalue weighted by Gasteiger charge is 2.37. The van der Waals surface area contributed by atoms with Crippen LogP contribution >= 0.6 is 11.8 Å². The topological polar surface area (TPSA) is 87.7 Å². The summed E-state index contributed by atoms with van der Waals surface area (Å²) in [7, 11) is 0. The monoisotopic (exact) mass is 647 g/mol. The predicted octanol–water partition coefficient (Wildman–Crippen LogP) is 8.97. The van der Waals surface area contributed by atoms with Crippen molar-refractivity contribution < 1.29 is 19.1 Å².